The van der Waals surface area contributed by atoms with Crippen molar-refractivity contribution in [3.63, 3.8) is 0 Å². The van der Waals surface area contributed by atoms with Crippen LogP contribution in [-0.4, -0.2) is 8.07 Å². The molecule has 0 radical (unpaired) electrons. The molecule has 0 unspecified atom stereocenters. The second-order valence-corrected chi connectivity index (χ2v) is 11.6. The lowest BCUT2D eigenvalue weighted by Crippen LogP contribution is -2.59. The van der Waals surface area contributed by atoms with Crippen molar-refractivity contribution >= 4 is 18.4 Å². The molecule has 0 saturated carbocycles. The first-order valence-corrected chi connectivity index (χ1v) is 11.1. The Morgan fingerprint density at radius 1 is 0.636 bits per heavy atom. The summed E-state index contributed by atoms with van der Waals surface area (Å²) in [5, 5.41) is 3.30. The van der Waals surface area contributed by atoms with Crippen LogP contribution in [0, 0.1) is 41.5 Å². The highest BCUT2D eigenvalue weighted by molar-refractivity contribution is 7.02. The lowest BCUT2D eigenvalue weighted by Gasteiger charge is -2.34. The molecule has 0 aliphatic carbocycles. The van der Waals surface area contributed by atoms with E-state index in [0.29, 0.717) is 0 Å². The molecule has 0 fully saturated rings. The maximum atomic E-state index is 2.56. The van der Waals surface area contributed by atoms with Crippen molar-refractivity contribution in [1.29, 1.82) is 0 Å². The quantitative estimate of drug-likeness (QED) is 0.718. The molecule has 0 aromatic heterocycles. The van der Waals surface area contributed by atoms with Crippen LogP contribution < -0.4 is 10.4 Å². The molecule has 22 heavy (non-hydrogen) atoms. The highest BCUT2D eigenvalue weighted by Gasteiger charge is 2.35. The molecule has 0 saturated heterocycles. The minimum Gasteiger partial charge on any atom is -0.0672 e. The van der Waals surface area contributed by atoms with Gasteiger partial charge in [-0.25, -0.2) is 0 Å². The number of benzene rings is 2. The summed E-state index contributed by atoms with van der Waals surface area (Å²) in [7, 11) is -1.70. The van der Waals surface area contributed by atoms with E-state index in [-0.39, 0.29) is 0 Å². The first-order valence-electron chi connectivity index (χ1n) is 8.37. The minimum absolute atomic E-state index is 1.25. The molecule has 0 aliphatic heterocycles. The van der Waals surface area contributed by atoms with Crippen LogP contribution in [-0.2, 0) is 0 Å². The van der Waals surface area contributed by atoms with E-state index in [4.69, 9.17) is 0 Å². The van der Waals surface area contributed by atoms with Gasteiger partial charge in [-0.05, 0) is 51.9 Å². The molecule has 1 heteroatoms. The van der Waals surface area contributed by atoms with E-state index in [9.17, 15) is 0 Å². The van der Waals surface area contributed by atoms with Crippen molar-refractivity contribution in [1.82, 2.24) is 0 Å². The summed E-state index contributed by atoms with van der Waals surface area (Å²) >= 11 is 0. The van der Waals surface area contributed by atoms with E-state index < -0.39 is 8.07 Å². The summed E-state index contributed by atoms with van der Waals surface area (Å²) in [6.45, 7) is 18.6. The monoisotopic (exact) mass is 310 g/mol. The maximum Gasteiger partial charge on any atom is 0.116 e. The fourth-order valence-electron chi connectivity index (χ4n) is 4.58. The van der Waals surface area contributed by atoms with Gasteiger partial charge < -0.3 is 0 Å². The Morgan fingerprint density at radius 2 is 0.909 bits per heavy atom. The molecule has 0 amide bonds. The minimum atomic E-state index is -1.70. The van der Waals surface area contributed by atoms with Gasteiger partial charge in [-0.2, -0.15) is 0 Å². The van der Waals surface area contributed by atoms with Crippen LogP contribution in [0.1, 0.15) is 40.3 Å². The van der Waals surface area contributed by atoms with Gasteiger partial charge in [0.25, 0.3) is 0 Å². The molecule has 118 valence electrons. The van der Waals surface area contributed by atoms with Crippen LogP contribution in [0.25, 0.3) is 0 Å². The topological polar surface area (TPSA) is 0 Å². The van der Waals surface area contributed by atoms with E-state index in [1.54, 1.807) is 10.4 Å². The zero-order valence-electron chi connectivity index (χ0n) is 15.5. The molecule has 2 aromatic rings. The molecule has 0 heterocycles. The van der Waals surface area contributed by atoms with Gasteiger partial charge in [-0.15, -0.1) is 0 Å². The standard InChI is InChI=1S/C21H30Si/c1-9-22(8,20-16(4)10-14(2)11-17(20)5)21-18(6)12-15(3)13-19(21)7/h10-13H,9H2,1-8H3. The largest absolute Gasteiger partial charge is 0.116 e. The number of rotatable bonds is 3. The molecule has 0 bridgehead atoms. The van der Waals surface area contributed by atoms with Gasteiger partial charge in [0.2, 0.25) is 0 Å². The molecule has 0 aliphatic rings. The summed E-state index contributed by atoms with van der Waals surface area (Å²) in [6.07, 6.45) is 0. The Morgan fingerprint density at radius 3 is 1.14 bits per heavy atom. The van der Waals surface area contributed by atoms with Gasteiger partial charge in [-0.1, -0.05) is 77.2 Å². The number of hydrogen-bond donors (Lipinski definition) is 0. The van der Waals surface area contributed by atoms with Crippen molar-refractivity contribution in [2.75, 3.05) is 0 Å². The van der Waals surface area contributed by atoms with Gasteiger partial charge in [-0.3, -0.25) is 0 Å². The second-order valence-electron chi connectivity index (χ2n) is 7.23. The summed E-state index contributed by atoms with van der Waals surface area (Å²) in [6, 6.07) is 10.7. The van der Waals surface area contributed by atoms with Crippen molar-refractivity contribution in [3.05, 3.63) is 57.6 Å². The van der Waals surface area contributed by atoms with Crippen molar-refractivity contribution in [3.8, 4) is 0 Å². The lowest BCUT2D eigenvalue weighted by molar-refractivity contribution is 1.29. The summed E-state index contributed by atoms with van der Waals surface area (Å²) in [4.78, 5) is 0. The zero-order valence-corrected chi connectivity index (χ0v) is 16.5. The van der Waals surface area contributed by atoms with E-state index >= 15 is 0 Å². The predicted molar refractivity (Wildman–Crippen MR) is 103 cm³/mol. The van der Waals surface area contributed by atoms with Gasteiger partial charge in [0.15, 0.2) is 0 Å². The van der Waals surface area contributed by atoms with Crippen LogP contribution in [0.2, 0.25) is 12.6 Å². The van der Waals surface area contributed by atoms with Crippen molar-refractivity contribution < 1.29 is 0 Å². The molecular formula is C21H30Si. The summed E-state index contributed by atoms with van der Waals surface area (Å²) < 4.78 is 0. The Bertz CT molecular complexity index is 606. The van der Waals surface area contributed by atoms with E-state index in [2.05, 4.69) is 79.3 Å². The third-order valence-corrected chi connectivity index (χ3v) is 10.4. The van der Waals surface area contributed by atoms with Crippen LogP contribution in [0.5, 0.6) is 0 Å². The summed E-state index contributed by atoms with van der Waals surface area (Å²) in [5.41, 5.74) is 8.67. The normalized spacial score (nSPS) is 11.8. The zero-order chi connectivity index (χ0) is 16.7. The lowest BCUT2D eigenvalue weighted by atomic mass is 10.1. The molecule has 0 N–H and O–H groups in total. The smallest absolute Gasteiger partial charge is 0.0672 e. The fourth-order valence-corrected chi connectivity index (χ4v) is 9.31. The predicted octanol–water partition coefficient (Wildman–Crippen LogP) is 4.75. The molecule has 0 spiro atoms. The molecule has 2 rings (SSSR count). The van der Waals surface area contributed by atoms with Crippen LogP contribution in [0.3, 0.4) is 0 Å². The Labute approximate surface area is 137 Å². The van der Waals surface area contributed by atoms with Crippen molar-refractivity contribution in [2.45, 2.75) is 61.1 Å². The van der Waals surface area contributed by atoms with Crippen LogP contribution >= 0.6 is 0 Å². The molecular weight excluding hydrogens is 280 g/mol. The maximum absolute atomic E-state index is 2.56. The Balaban J connectivity index is 2.80. The van der Waals surface area contributed by atoms with Gasteiger partial charge >= 0.3 is 0 Å². The van der Waals surface area contributed by atoms with Crippen LogP contribution in [0.4, 0.5) is 0 Å². The third-order valence-electron chi connectivity index (χ3n) is 5.16. The Kier molecular flexibility index (Phi) is 4.67. The highest BCUT2D eigenvalue weighted by atomic mass is 28.3. The summed E-state index contributed by atoms with van der Waals surface area (Å²) in [5.74, 6) is 0. The van der Waals surface area contributed by atoms with Gasteiger partial charge in [0.05, 0.1) is 0 Å². The highest BCUT2D eigenvalue weighted by Crippen LogP contribution is 2.21. The first-order chi connectivity index (χ1) is 10.2. The Hall–Kier alpha value is -1.34. The molecule has 0 nitrogen and oxygen atoms in total. The fraction of sp³-hybridized carbons (Fsp3) is 0.429. The number of aryl methyl sites for hydroxylation is 6. The van der Waals surface area contributed by atoms with E-state index in [0.717, 1.165) is 0 Å². The molecule has 0 atom stereocenters. The van der Waals surface area contributed by atoms with E-state index in [1.807, 2.05) is 0 Å². The second kappa shape index (κ2) is 6.04. The third kappa shape index (κ3) is 2.79. The van der Waals surface area contributed by atoms with E-state index in [1.165, 1.54) is 39.4 Å². The average Bonchev–Trinajstić information content (AvgIpc) is 2.35. The SMILES string of the molecule is CC[Si](C)(c1c(C)cc(C)cc1C)c1c(C)cc(C)cc1C. The van der Waals surface area contributed by atoms with Gasteiger partial charge in [0, 0.05) is 0 Å². The average molecular weight is 311 g/mol. The molecule has 2 aromatic carbocycles. The number of hydrogen-bond acceptors (Lipinski definition) is 0. The van der Waals surface area contributed by atoms with Gasteiger partial charge in [0.1, 0.15) is 8.07 Å². The van der Waals surface area contributed by atoms with Crippen molar-refractivity contribution in [2.24, 2.45) is 0 Å². The first kappa shape index (κ1) is 17.0. The van der Waals surface area contributed by atoms with Crippen LogP contribution in [0.15, 0.2) is 24.3 Å².